The second-order valence-electron chi connectivity index (χ2n) is 4.51. The summed E-state index contributed by atoms with van der Waals surface area (Å²) in [6.45, 7) is 0.996. The van der Waals surface area contributed by atoms with Gasteiger partial charge in [0, 0.05) is 10.0 Å². The van der Waals surface area contributed by atoms with Gasteiger partial charge in [0.05, 0.1) is 12.7 Å². The molecule has 0 amide bonds. The fourth-order valence-electron chi connectivity index (χ4n) is 2.22. The molecule has 2 aromatic carbocycles. The Bertz CT molecular complexity index is 697. The molecule has 108 valence electrons. The fourth-order valence-corrected chi connectivity index (χ4v) is 2.72. The Hall–Kier alpha value is -2.01. The minimum atomic E-state index is -0.128. The third-order valence-electron chi connectivity index (χ3n) is 3.23. The van der Waals surface area contributed by atoms with Crippen LogP contribution in [0.15, 0.2) is 40.9 Å². The maximum absolute atomic E-state index is 12.7. The van der Waals surface area contributed by atoms with Gasteiger partial charge in [0.1, 0.15) is 19.0 Å². The van der Waals surface area contributed by atoms with E-state index in [0.29, 0.717) is 46.1 Å². The molecule has 0 spiro atoms. The summed E-state index contributed by atoms with van der Waals surface area (Å²) in [5.74, 6) is 1.65. The van der Waals surface area contributed by atoms with Crippen LogP contribution >= 0.6 is 15.9 Å². The summed E-state index contributed by atoms with van der Waals surface area (Å²) in [7, 11) is 1.55. The average molecular weight is 349 g/mol. The third kappa shape index (κ3) is 2.61. The first-order chi connectivity index (χ1) is 10.2. The average Bonchev–Trinajstić information content (AvgIpc) is 2.53. The van der Waals surface area contributed by atoms with Gasteiger partial charge in [-0.05, 0) is 40.2 Å². The van der Waals surface area contributed by atoms with Gasteiger partial charge in [0.2, 0.25) is 0 Å². The van der Waals surface area contributed by atoms with Gasteiger partial charge in [0.25, 0.3) is 0 Å². The van der Waals surface area contributed by atoms with Crippen LogP contribution in [0.3, 0.4) is 0 Å². The number of fused-ring (bicyclic) bond motifs is 1. The number of benzene rings is 2. The highest BCUT2D eigenvalue weighted by Gasteiger charge is 2.21. The standard InChI is InChI=1S/C16H13BrO4/c1-19-13-5-3-2-4-10(13)16(18)11-8-14-15(9-12(11)17)21-7-6-20-14/h2-5,8-9H,6-7H2,1H3. The fraction of sp³-hybridized carbons (Fsp3) is 0.188. The van der Waals surface area contributed by atoms with E-state index >= 15 is 0 Å². The van der Waals surface area contributed by atoms with Crippen LogP contribution < -0.4 is 14.2 Å². The zero-order chi connectivity index (χ0) is 14.8. The molecule has 0 aliphatic carbocycles. The summed E-state index contributed by atoms with van der Waals surface area (Å²) in [5.41, 5.74) is 1.03. The number of hydrogen-bond acceptors (Lipinski definition) is 4. The van der Waals surface area contributed by atoms with E-state index in [1.165, 1.54) is 0 Å². The Morgan fingerprint density at radius 2 is 1.76 bits per heavy atom. The summed E-state index contributed by atoms with van der Waals surface area (Å²) in [6.07, 6.45) is 0. The predicted molar refractivity (Wildman–Crippen MR) is 81.6 cm³/mol. The van der Waals surface area contributed by atoms with Crippen molar-refractivity contribution in [2.45, 2.75) is 0 Å². The third-order valence-corrected chi connectivity index (χ3v) is 3.88. The molecule has 2 aromatic rings. The van der Waals surface area contributed by atoms with Gasteiger partial charge in [-0.3, -0.25) is 4.79 Å². The lowest BCUT2D eigenvalue weighted by atomic mass is 10.0. The molecule has 0 aromatic heterocycles. The first kappa shape index (κ1) is 13.9. The molecule has 0 radical (unpaired) electrons. The van der Waals surface area contributed by atoms with E-state index in [4.69, 9.17) is 14.2 Å². The number of para-hydroxylation sites is 1. The zero-order valence-corrected chi connectivity index (χ0v) is 13.0. The molecule has 3 rings (SSSR count). The SMILES string of the molecule is COc1ccccc1C(=O)c1cc2c(cc1Br)OCCO2. The topological polar surface area (TPSA) is 44.8 Å². The van der Waals surface area contributed by atoms with Crippen LogP contribution in [0.25, 0.3) is 0 Å². The van der Waals surface area contributed by atoms with Crippen LogP contribution in [0.4, 0.5) is 0 Å². The largest absolute Gasteiger partial charge is 0.496 e. The summed E-state index contributed by atoms with van der Waals surface area (Å²) in [6, 6.07) is 10.6. The van der Waals surface area contributed by atoms with E-state index in [-0.39, 0.29) is 5.78 Å². The van der Waals surface area contributed by atoms with Gasteiger partial charge in [-0.1, -0.05) is 12.1 Å². The van der Waals surface area contributed by atoms with E-state index in [1.54, 1.807) is 31.4 Å². The number of ether oxygens (including phenoxy) is 3. The van der Waals surface area contributed by atoms with Crippen molar-refractivity contribution >= 4 is 21.7 Å². The number of carbonyl (C=O) groups excluding carboxylic acids is 1. The van der Waals surface area contributed by atoms with Crippen molar-refractivity contribution in [3.63, 3.8) is 0 Å². The van der Waals surface area contributed by atoms with Crippen molar-refractivity contribution in [1.29, 1.82) is 0 Å². The van der Waals surface area contributed by atoms with Gasteiger partial charge in [-0.25, -0.2) is 0 Å². The quantitative estimate of drug-likeness (QED) is 0.796. The first-order valence-electron chi connectivity index (χ1n) is 6.47. The number of methoxy groups -OCH3 is 1. The molecule has 1 aliphatic rings. The van der Waals surface area contributed by atoms with Gasteiger partial charge in [0.15, 0.2) is 17.3 Å². The van der Waals surface area contributed by atoms with Gasteiger partial charge >= 0.3 is 0 Å². The lowest BCUT2D eigenvalue weighted by Crippen LogP contribution is -2.16. The number of hydrogen-bond donors (Lipinski definition) is 0. The van der Waals surface area contributed by atoms with Crippen molar-refractivity contribution in [3.8, 4) is 17.2 Å². The monoisotopic (exact) mass is 348 g/mol. The molecular formula is C16H13BrO4. The maximum Gasteiger partial charge on any atom is 0.198 e. The molecule has 0 saturated heterocycles. The van der Waals surface area contributed by atoms with Crippen LogP contribution in [-0.2, 0) is 0 Å². The lowest BCUT2D eigenvalue weighted by molar-refractivity contribution is 0.103. The maximum atomic E-state index is 12.7. The Morgan fingerprint density at radius 3 is 2.48 bits per heavy atom. The summed E-state index contributed by atoms with van der Waals surface area (Å²) in [5, 5.41) is 0. The molecular weight excluding hydrogens is 336 g/mol. The minimum absolute atomic E-state index is 0.128. The molecule has 1 aliphatic heterocycles. The smallest absolute Gasteiger partial charge is 0.198 e. The lowest BCUT2D eigenvalue weighted by Gasteiger charge is -2.19. The number of halogens is 1. The molecule has 0 bridgehead atoms. The molecule has 21 heavy (non-hydrogen) atoms. The summed E-state index contributed by atoms with van der Waals surface area (Å²) in [4.78, 5) is 12.7. The molecule has 0 N–H and O–H groups in total. The van der Waals surface area contributed by atoms with Crippen molar-refractivity contribution in [2.75, 3.05) is 20.3 Å². The Morgan fingerprint density at radius 1 is 1.10 bits per heavy atom. The molecule has 0 fully saturated rings. The van der Waals surface area contributed by atoms with Gasteiger partial charge < -0.3 is 14.2 Å². The minimum Gasteiger partial charge on any atom is -0.496 e. The summed E-state index contributed by atoms with van der Waals surface area (Å²) < 4.78 is 16.9. The van der Waals surface area contributed by atoms with Crippen molar-refractivity contribution in [3.05, 3.63) is 52.0 Å². The molecule has 4 nitrogen and oxygen atoms in total. The van der Waals surface area contributed by atoms with E-state index in [0.717, 1.165) is 0 Å². The first-order valence-corrected chi connectivity index (χ1v) is 7.27. The van der Waals surface area contributed by atoms with E-state index in [9.17, 15) is 4.79 Å². The molecule has 0 saturated carbocycles. The second-order valence-corrected chi connectivity index (χ2v) is 5.36. The summed E-state index contributed by atoms with van der Waals surface area (Å²) >= 11 is 3.42. The molecule has 0 atom stereocenters. The highest BCUT2D eigenvalue weighted by atomic mass is 79.9. The van der Waals surface area contributed by atoms with Crippen molar-refractivity contribution < 1.29 is 19.0 Å². The number of carbonyl (C=O) groups is 1. The van der Waals surface area contributed by atoms with Crippen LogP contribution in [0.1, 0.15) is 15.9 Å². The molecule has 5 heteroatoms. The second kappa shape index (κ2) is 5.77. The van der Waals surface area contributed by atoms with Crippen molar-refractivity contribution in [2.24, 2.45) is 0 Å². The number of ketones is 1. The molecule has 0 unspecified atom stereocenters. The Balaban J connectivity index is 2.05. The highest BCUT2D eigenvalue weighted by Crippen LogP contribution is 2.37. The van der Waals surface area contributed by atoms with Crippen LogP contribution in [-0.4, -0.2) is 26.1 Å². The zero-order valence-electron chi connectivity index (χ0n) is 11.4. The van der Waals surface area contributed by atoms with Gasteiger partial charge in [-0.2, -0.15) is 0 Å². The predicted octanol–water partition coefficient (Wildman–Crippen LogP) is 3.46. The van der Waals surface area contributed by atoms with Crippen LogP contribution in [0, 0.1) is 0 Å². The van der Waals surface area contributed by atoms with Crippen LogP contribution in [0.5, 0.6) is 17.2 Å². The highest BCUT2D eigenvalue weighted by molar-refractivity contribution is 9.10. The van der Waals surface area contributed by atoms with E-state index in [2.05, 4.69) is 15.9 Å². The van der Waals surface area contributed by atoms with Gasteiger partial charge in [-0.15, -0.1) is 0 Å². The Kier molecular flexibility index (Phi) is 3.84. The van der Waals surface area contributed by atoms with Crippen molar-refractivity contribution in [1.82, 2.24) is 0 Å². The normalized spacial score (nSPS) is 12.9. The van der Waals surface area contributed by atoms with Crippen LogP contribution in [0.2, 0.25) is 0 Å². The Labute approximate surface area is 130 Å². The number of rotatable bonds is 3. The van der Waals surface area contributed by atoms with E-state index in [1.807, 2.05) is 12.1 Å². The van der Waals surface area contributed by atoms with E-state index < -0.39 is 0 Å². The molecule has 1 heterocycles.